The summed E-state index contributed by atoms with van der Waals surface area (Å²) in [5.41, 5.74) is 2.78. The van der Waals surface area contributed by atoms with Crippen LogP contribution in [0.25, 0.3) is 0 Å². The molecule has 2 aromatic rings. The topological polar surface area (TPSA) is 33.7 Å². The van der Waals surface area contributed by atoms with E-state index in [1.807, 2.05) is 24.3 Å². The molecule has 1 N–H and O–H groups in total. The van der Waals surface area contributed by atoms with Gasteiger partial charge in [0.05, 0.1) is 0 Å². The van der Waals surface area contributed by atoms with Crippen LogP contribution in [0.2, 0.25) is 0 Å². The van der Waals surface area contributed by atoms with E-state index < -0.39 is 0 Å². The van der Waals surface area contributed by atoms with Crippen molar-refractivity contribution >= 4 is 0 Å². The summed E-state index contributed by atoms with van der Waals surface area (Å²) in [5, 5.41) is 3.60. The molecule has 0 bridgehead atoms. The molecule has 0 aromatic heterocycles. The Labute approximate surface area is 162 Å². The number of ether oxygens (including phenoxy) is 2. The molecule has 2 heterocycles. The third kappa shape index (κ3) is 5.02. The number of rotatable bonds is 6. The largest absolute Gasteiger partial charge is 0.486 e. The Kier molecular flexibility index (Phi) is 5.95. The lowest BCUT2D eigenvalue weighted by Gasteiger charge is -2.33. The second kappa shape index (κ2) is 8.77. The minimum atomic E-state index is 0.0984. The fourth-order valence-corrected chi connectivity index (χ4v) is 4.03. The first kappa shape index (κ1) is 18.3. The zero-order chi connectivity index (χ0) is 18.5. The van der Waals surface area contributed by atoms with Gasteiger partial charge in [0.15, 0.2) is 11.5 Å². The second-order valence-corrected chi connectivity index (χ2v) is 7.86. The van der Waals surface area contributed by atoms with Gasteiger partial charge in [0, 0.05) is 13.1 Å². The fourth-order valence-electron chi connectivity index (χ4n) is 4.03. The Bertz CT molecular complexity index is 741. The lowest BCUT2D eigenvalue weighted by Crippen LogP contribution is -2.42. The van der Waals surface area contributed by atoms with Crippen LogP contribution >= 0.6 is 0 Å². The number of aryl methyl sites for hydroxylation is 1. The minimum Gasteiger partial charge on any atom is -0.486 e. The van der Waals surface area contributed by atoms with E-state index in [1.54, 1.807) is 0 Å². The summed E-state index contributed by atoms with van der Waals surface area (Å²) >= 11 is 0. The van der Waals surface area contributed by atoms with Crippen LogP contribution in [0.5, 0.6) is 11.5 Å². The second-order valence-electron chi connectivity index (χ2n) is 7.86. The molecule has 4 nitrogen and oxygen atoms in total. The van der Waals surface area contributed by atoms with Gasteiger partial charge in [-0.15, -0.1) is 0 Å². The third-order valence-electron chi connectivity index (χ3n) is 5.57. The first-order valence-electron chi connectivity index (χ1n) is 10.1. The normalized spacial score (nSPS) is 20.6. The molecule has 0 spiro atoms. The van der Waals surface area contributed by atoms with Gasteiger partial charge in [-0.05, 0) is 63.0 Å². The number of fused-ring (bicyclic) bond motifs is 1. The molecule has 1 saturated heterocycles. The van der Waals surface area contributed by atoms with E-state index in [0.717, 1.165) is 37.1 Å². The van der Waals surface area contributed by atoms with Gasteiger partial charge >= 0.3 is 0 Å². The zero-order valence-electron chi connectivity index (χ0n) is 16.2. The Hall–Kier alpha value is -2.04. The minimum absolute atomic E-state index is 0.0984. The van der Waals surface area contributed by atoms with Crippen molar-refractivity contribution in [3.8, 4) is 11.5 Å². The van der Waals surface area contributed by atoms with Crippen molar-refractivity contribution in [2.45, 2.75) is 32.4 Å². The standard InChI is InChI=1S/C23H30N2O2/c1-18-5-4-6-20(13-18)16-25-11-9-19(10-12-25)14-24-15-21-17-26-22-7-2-3-8-23(22)27-21/h2-8,13,19,21,24H,9-12,14-17H2,1H3. The Morgan fingerprint density at radius 1 is 1.00 bits per heavy atom. The van der Waals surface area contributed by atoms with E-state index in [1.165, 1.54) is 37.1 Å². The number of nitrogens with zero attached hydrogens (tertiary/aromatic N) is 1. The van der Waals surface area contributed by atoms with Crippen LogP contribution in [0, 0.1) is 12.8 Å². The first-order valence-corrected chi connectivity index (χ1v) is 10.1. The maximum atomic E-state index is 6.02. The number of para-hydroxylation sites is 2. The Balaban J connectivity index is 1.15. The smallest absolute Gasteiger partial charge is 0.161 e. The predicted octanol–water partition coefficient (Wildman–Crippen LogP) is 3.64. The van der Waals surface area contributed by atoms with E-state index in [2.05, 4.69) is 41.4 Å². The molecular formula is C23H30N2O2. The molecule has 1 fully saturated rings. The van der Waals surface area contributed by atoms with Crippen molar-refractivity contribution in [3.63, 3.8) is 0 Å². The fraction of sp³-hybridized carbons (Fsp3) is 0.478. The van der Waals surface area contributed by atoms with Gasteiger partial charge in [-0.3, -0.25) is 4.90 Å². The Morgan fingerprint density at radius 3 is 2.63 bits per heavy atom. The van der Waals surface area contributed by atoms with Crippen molar-refractivity contribution in [1.29, 1.82) is 0 Å². The maximum Gasteiger partial charge on any atom is 0.161 e. The summed E-state index contributed by atoms with van der Waals surface area (Å²) in [4.78, 5) is 2.58. The van der Waals surface area contributed by atoms with Crippen molar-refractivity contribution in [3.05, 3.63) is 59.7 Å². The average molecular weight is 367 g/mol. The van der Waals surface area contributed by atoms with Gasteiger partial charge in [-0.2, -0.15) is 0 Å². The van der Waals surface area contributed by atoms with Gasteiger partial charge in [0.2, 0.25) is 0 Å². The van der Waals surface area contributed by atoms with Crippen LogP contribution in [0.1, 0.15) is 24.0 Å². The number of nitrogens with one attached hydrogen (secondary N) is 1. The highest BCUT2D eigenvalue weighted by molar-refractivity contribution is 5.40. The molecule has 4 rings (SSSR count). The maximum absolute atomic E-state index is 6.02. The summed E-state index contributed by atoms with van der Waals surface area (Å²) in [6.45, 7) is 8.17. The van der Waals surface area contributed by atoms with Crippen LogP contribution in [0.3, 0.4) is 0 Å². The van der Waals surface area contributed by atoms with Crippen molar-refractivity contribution in [2.24, 2.45) is 5.92 Å². The van der Waals surface area contributed by atoms with Crippen LogP contribution in [0.4, 0.5) is 0 Å². The highest BCUT2D eigenvalue weighted by Gasteiger charge is 2.22. The molecule has 2 aromatic carbocycles. The molecule has 1 atom stereocenters. The van der Waals surface area contributed by atoms with Gasteiger partial charge in [0.25, 0.3) is 0 Å². The van der Waals surface area contributed by atoms with E-state index in [9.17, 15) is 0 Å². The molecule has 144 valence electrons. The molecule has 27 heavy (non-hydrogen) atoms. The highest BCUT2D eigenvalue weighted by Crippen LogP contribution is 2.30. The number of likely N-dealkylation sites (tertiary alicyclic amines) is 1. The van der Waals surface area contributed by atoms with Gasteiger partial charge in [0.1, 0.15) is 12.7 Å². The molecule has 2 aliphatic rings. The molecule has 0 radical (unpaired) electrons. The predicted molar refractivity (Wildman–Crippen MR) is 108 cm³/mol. The monoisotopic (exact) mass is 366 g/mol. The quantitative estimate of drug-likeness (QED) is 0.846. The molecule has 0 saturated carbocycles. The van der Waals surface area contributed by atoms with Crippen molar-refractivity contribution in [2.75, 3.05) is 32.8 Å². The molecule has 2 aliphatic heterocycles. The number of hydrogen-bond acceptors (Lipinski definition) is 4. The van der Waals surface area contributed by atoms with E-state index in [0.29, 0.717) is 6.61 Å². The van der Waals surface area contributed by atoms with Crippen molar-refractivity contribution in [1.82, 2.24) is 10.2 Å². The summed E-state index contributed by atoms with van der Waals surface area (Å²) in [5.74, 6) is 2.48. The van der Waals surface area contributed by atoms with Crippen LogP contribution < -0.4 is 14.8 Å². The van der Waals surface area contributed by atoms with Crippen LogP contribution in [-0.4, -0.2) is 43.8 Å². The Morgan fingerprint density at radius 2 is 1.81 bits per heavy atom. The van der Waals surface area contributed by atoms with Crippen LogP contribution in [-0.2, 0) is 6.54 Å². The van der Waals surface area contributed by atoms with Gasteiger partial charge in [-0.1, -0.05) is 42.0 Å². The van der Waals surface area contributed by atoms with Crippen LogP contribution in [0.15, 0.2) is 48.5 Å². The first-order chi connectivity index (χ1) is 13.3. The van der Waals surface area contributed by atoms with Gasteiger partial charge in [-0.25, -0.2) is 0 Å². The summed E-state index contributed by atoms with van der Waals surface area (Å²) in [6.07, 6.45) is 2.63. The highest BCUT2D eigenvalue weighted by atomic mass is 16.6. The summed E-state index contributed by atoms with van der Waals surface area (Å²) < 4.78 is 11.8. The third-order valence-corrected chi connectivity index (χ3v) is 5.57. The molecule has 1 unspecified atom stereocenters. The molecule has 4 heteroatoms. The van der Waals surface area contributed by atoms with E-state index in [-0.39, 0.29) is 6.10 Å². The van der Waals surface area contributed by atoms with E-state index in [4.69, 9.17) is 9.47 Å². The number of piperidine rings is 1. The van der Waals surface area contributed by atoms with Crippen molar-refractivity contribution < 1.29 is 9.47 Å². The molecule has 0 amide bonds. The number of hydrogen-bond donors (Lipinski definition) is 1. The lowest BCUT2D eigenvalue weighted by atomic mass is 9.96. The SMILES string of the molecule is Cc1cccc(CN2CCC(CNCC3COc4ccccc4O3)CC2)c1. The zero-order valence-corrected chi connectivity index (χ0v) is 16.2. The lowest BCUT2D eigenvalue weighted by molar-refractivity contribution is 0.0881. The summed E-state index contributed by atoms with van der Waals surface area (Å²) in [6, 6.07) is 16.8. The molecule has 0 aliphatic carbocycles. The van der Waals surface area contributed by atoms with E-state index >= 15 is 0 Å². The summed E-state index contributed by atoms with van der Waals surface area (Å²) in [7, 11) is 0. The molecular weight excluding hydrogens is 336 g/mol. The average Bonchev–Trinajstić information content (AvgIpc) is 2.69. The van der Waals surface area contributed by atoms with Gasteiger partial charge < -0.3 is 14.8 Å². The number of benzene rings is 2.